The Morgan fingerprint density at radius 2 is 2.06 bits per heavy atom. The summed E-state index contributed by atoms with van der Waals surface area (Å²) in [6.07, 6.45) is 0. The molecule has 1 aromatic carbocycles. The van der Waals surface area contributed by atoms with Crippen molar-refractivity contribution >= 4 is 17.3 Å². The van der Waals surface area contributed by atoms with Crippen molar-refractivity contribution in [3.63, 3.8) is 0 Å². The van der Waals surface area contributed by atoms with Crippen molar-refractivity contribution in [3.8, 4) is 5.75 Å². The molecule has 0 aliphatic rings. The van der Waals surface area contributed by atoms with E-state index < -0.39 is 0 Å². The molecule has 0 fully saturated rings. The molecule has 0 saturated carbocycles. The first-order valence-corrected chi connectivity index (χ1v) is 6.05. The van der Waals surface area contributed by atoms with Gasteiger partial charge in [-0.1, -0.05) is 25.4 Å². The molecule has 17 heavy (non-hydrogen) atoms. The Balaban J connectivity index is 2.87. The molecule has 0 atom stereocenters. The number of rotatable bonds is 5. The SMILES string of the molecule is COc1cc(Cl)c(C)cc1NCC(C)(C)CN. The molecular weight excluding hydrogens is 236 g/mol. The summed E-state index contributed by atoms with van der Waals surface area (Å²) in [6.45, 7) is 7.64. The smallest absolute Gasteiger partial charge is 0.143 e. The number of hydrogen-bond donors (Lipinski definition) is 2. The summed E-state index contributed by atoms with van der Waals surface area (Å²) >= 11 is 6.05. The second kappa shape index (κ2) is 5.61. The van der Waals surface area contributed by atoms with E-state index in [0.717, 1.165) is 23.5 Å². The summed E-state index contributed by atoms with van der Waals surface area (Å²) in [5, 5.41) is 4.07. The van der Waals surface area contributed by atoms with E-state index in [0.29, 0.717) is 11.6 Å². The van der Waals surface area contributed by atoms with E-state index in [9.17, 15) is 0 Å². The van der Waals surface area contributed by atoms with Crippen LogP contribution in [-0.2, 0) is 0 Å². The zero-order valence-corrected chi connectivity index (χ0v) is 11.7. The van der Waals surface area contributed by atoms with Crippen LogP contribution in [0.3, 0.4) is 0 Å². The zero-order valence-electron chi connectivity index (χ0n) is 10.9. The van der Waals surface area contributed by atoms with Crippen molar-refractivity contribution in [1.82, 2.24) is 0 Å². The average molecular weight is 257 g/mol. The highest BCUT2D eigenvalue weighted by Gasteiger charge is 2.16. The molecule has 0 aliphatic carbocycles. The van der Waals surface area contributed by atoms with Gasteiger partial charge in [0.25, 0.3) is 0 Å². The number of hydrogen-bond acceptors (Lipinski definition) is 3. The van der Waals surface area contributed by atoms with Gasteiger partial charge in [-0.25, -0.2) is 0 Å². The maximum absolute atomic E-state index is 6.05. The number of aryl methyl sites for hydroxylation is 1. The lowest BCUT2D eigenvalue weighted by molar-refractivity contribution is 0.399. The van der Waals surface area contributed by atoms with Gasteiger partial charge in [-0.05, 0) is 30.5 Å². The molecule has 1 rings (SSSR count). The minimum Gasteiger partial charge on any atom is -0.495 e. The quantitative estimate of drug-likeness (QED) is 0.851. The summed E-state index contributed by atoms with van der Waals surface area (Å²) in [7, 11) is 1.64. The molecule has 0 heterocycles. The Kier molecular flexibility index (Phi) is 4.66. The fourth-order valence-corrected chi connectivity index (χ4v) is 1.53. The molecule has 0 saturated heterocycles. The molecule has 0 bridgehead atoms. The van der Waals surface area contributed by atoms with Gasteiger partial charge in [0.05, 0.1) is 12.8 Å². The van der Waals surface area contributed by atoms with E-state index in [1.165, 1.54) is 0 Å². The first-order valence-electron chi connectivity index (χ1n) is 5.67. The van der Waals surface area contributed by atoms with Crippen molar-refractivity contribution in [2.24, 2.45) is 11.1 Å². The molecule has 96 valence electrons. The van der Waals surface area contributed by atoms with Crippen LogP contribution >= 0.6 is 11.6 Å². The predicted octanol–water partition coefficient (Wildman–Crippen LogP) is 3.05. The second-order valence-electron chi connectivity index (χ2n) is 5.02. The van der Waals surface area contributed by atoms with Crippen LogP contribution in [-0.4, -0.2) is 20.2 Å². The first-order chi connectivity index (χ1) is 7.89. The average Bonchev–Trinajstić information content (AvgIpc) is 2.30. The predicted molar refractivity (Wildman–Crippen MR) is 74.1 cm³/mol. The summed E-state index contributed by atoms with van der Waals surface area (Å²) in [5.74, 6) is 0.758. The van der Waals surface area contributed by atoms with Gasteiger partial charge < -0.3 is 15.8 Å². The highest BCUT2D eigenvalue weighted by Crippen LogP contribution is 2.31. The monoisotopic (exact) mass is 256 g/mol. The van der Waals surface area contributed by atoms with Crippen molar-refractivity contribution in [1.29, 1.82) is 0 Å². The number of ether oxygens (including phenoxy) is 1. The highest BCUT2D eigenvalue weighted by molar-refractivity contribution is 6.31. The first kappa shape index (κ1) is 14.1. The van der Waals surface area contributed by atoms with Crippen molar-refractivity contribution in [2.75, 3.05) is 25.5 Å². The fourth-order valence-electron chi connectivity index (χ4n) is 1.38. The summed E-state index contributed by atoms with van der Waals surface area (Å²) in [5.41, 5.74) is 7.74. The van der Waals surface area contributed by atoms with Crippen molar-refractivity contribution < 1.29 is 4.74 Å². The van der Waals surface area contributed by atoms with E-state index >= 15 is 0 Å². The molecule has 4 heteroatoms. The third-order valence-electron chi connectivity index (χ3n) is 2.79. The maximum Gasteiger partial charge on any atom is 0.143 e. The Labute approximate surface area is 108 Å². The fraction of sp³-hybridized carbons (Fsp3) is 0.538. The number of anilines is 1. The lowest BCUT2D eigenvalue weighted by Gasteiger charge is -2.24. The Morgan fingerprint density at radius 3 is 2.59 bits per heavy atom. The van der Waals surface area contributed by atoms with Gasteiger partial charge in [0.2, 0.25) is 0 Å². The van der Waals surface area contributed by atoms with Crippen LogP contribution in [0.2, 0.25) is 5.02 Å². The molecule has 0 aliphatic heterocycles. The lowest BCUT2D eigenvalue weighted by atomic mass is 9.94. The minimum atomic E-state index is 0.0541. The third kappa shape index (κ3) is 3.79. The van der Waals surface area contributed by atoms with Gasteiger partial charge in [-0.15, -0.1) is 0 Å². The lowest BCUT2D eigenvalue weighted by Crippen LogP contribution is -2.31. The standard InChI is InChI=1S/C13H21ClN2O/c1-9-5-11(12(17-4)6-10(9)14)16-8-13(2,3)7-15/h5-6,16H,7-8,15H2,1-4H3. The topological polar surface area (TPSA) is 47.3 Å². The Morgan fingerprint density at radius 1 is 1.41 bits per heavy atom. The number of halogens is 1. The Bertz CT molecular complexity index is 391. The van der Waals surface area contributed by atoms with E-state index in [1.54, 1.807) is 7.11 Å². The van der Waals surface area contributed by atoms with E-state index in [4.69, 9.17) is 22.1 Å². The van der Waals surface area contributed by atoms with Gasteiger partial charge >= 0.3 is 0 Å². The second-order valence-corrected chi connectivity index (χ2v) is 5.43. The Hall–Kier alpha value is -0.930. The maximum atomic E-state index is 6.05. The van der Waals surface area contributed by atoms with E-state index in [2.05, 4.69) is 19.2 Å². The normalized spacial score (nSPS) is 11.4. The van der Waals surface area contributed by atoms with Crippen molar-refractivity contribution in [3.05, 3.63) is 22.7 Å². The molecule has 0 aromatic heterocycles. The molecule has 1 aromatic rings. The van der Waals surface area contributed by atoms with Gasteiger partial charge in [0, 0.05) is 17.6 Å². The van der Waals surface area contributed by atoms with Crippen molar-refractivity contribution in [2.45, 2.75) is 20.8 Å². The van der Waals surface area contributed by atoms with Crippen LogP contribution in [0.5, 0.6) is 5.75 Å². The van der Waals surface area contributed by atoms with Crippen LogP contribution in [0.1, 0.15) is 19.4 Å². The largest absolute Gasteiger partial charge is 0.495 e. The van der Waals surface area contributed by atoms with Gasteiger partial charge in [0.15, 0.2) is 0 Å². The van der Waals surface area contributed by atoms with Crippen LogP contribution in [0.15, 0.2) is 12.1 Å². The van der Waals surface area contributed by atoms with Crippen LogP contribution in [0, 0.1) is 12.3 Å². The van der Waals surface area contributed by atoms with E-state index in [1.807, 2.05) is 19.1 Å². The summed E-state index contributed by atoms with van der Waals surface area (Å²) < 4.78 is 5.30. The third-order valence-corrected chi connectivity index (χ3v) is 3.20. The zero-order chi connectivity index (χ0) is 13.1. The number of methoxy groups -OCH3 is 1. The van der Waals surface area contributed by atoms with E-state index in [-0.39, 0.29) is 5.41 Å². The van der Waals surface area contributed by atoms with Gasteiger partial charge in [-0.3, -0.25) is 0 Å². The molecular formula is C13H21ClN2O. The van der Waals surface area contributed by atoms with Crippen LogP contribution in [0.4, 0.5) is 5.69 Å². The summed E-state index contributed by atoms with van der Waals surface area (Å²) in [6, 6.07) is 3.82. The molecule has 3 N–H and O–H groups in total. The molecule has 0 radical (unpaired) electrons. The minimum absolute atomic E-state index is 0.0541. The number of nitrogens with two attached hydrogens (primary N) is 1. The van der Waals surface area contributed by atoms with Crippen LogP contribution < -0.4 is 15.8 Å². The number of benzene rings is 1. The highest BCUT2D eigenvalue weighted by atomic mass is 35.5. The summed E-state index contributed by atoms with van der Waals surface area (Å²) in [4.78, 5) is 0. The molecule has 3 nitrogen and oxygen atoms in total. The van der Waals surface area contributed by atoms with Gasteiger partial charge in [-0.2, -0.15) is 0 Å². The van der Waals surface area contributed by atoms with Gasteiger partial charge in [0.1, 0.15) is 5.75 Å². The molecule has 0 amide bonds. The molecule has 0 unspecified atom stereocenters. The number of nitrogens with one attached hydrogen (secondary N) is 1. The molecule has 0 spiro atoms. The van der Waals surface area contributed by atoms with Crippen LogP contribution in [0.25, 0.3) is 0 Å².